The lowest BCUT2D eigenvalue weighted by Gasteiger charge is -2.41. The van der Waals surface area contributed by atoms with Gasteiger partial charge >= 0.3 is 39.2 Å². The van der Waals surface area contributed by atoms with Crippen LogP contribution in [0, 0.1) is 29.6 Å². The minimum absolute atomic E-state index is 0.290. The van der Waals surface area contributed by atoms with Crippen LogP contribution in [0.5, 0.6) is 0 Å². The van der Waals surface area contributed by atoms with Crippen LogP contribution in [-0.2, 0) is 48.2 Å². The zero-order valence-electron chi connectivity index (χ0n) is 22.8. The van der Waals surface area contributed by atoms with Gasteiger partial charge in [0.05, 0.1) is 24.7 Å². The first-order chi connectivity index (χ1) is 19.2. The summed E-state index contributed by atoms with van der Waals surface area (Å²) in [5, 5.41) is -4.73. The maximum atomic E-state index is 13.7. The minimum atomic E-state index is -5.82. The van der Waals surface area contributed by atoms with Gasteiger partial charge in [-0.1, -0.05) is 19.3 Å². The van der Waals surface area contributed by atoms with E-state index >= 15 is 0 Å². The van der Waals surface area contributed by atoms with E-state index in [-0.39, 0.29) is 11.8 Å². The summed E-state index contributed by atoms with van der Waals surface area (Å²) in [6.45, 7) is 0.591. The molecule has 1 N–H and O–H groups in total. The zero-order chi connectivity index (χ0) is 29.7. The van der Waals surface area contributed by atoms with Crippen molar-refractivity contribution >= 4 is 34.0 Å². The fourth-order valence-electron chi connectivity index (χ4n) is 7.88. The number of ether oxygens (including phenoxy) is 4. The number of hydrogen-bond donors (Lipinski definition) is 1. The lowest BCUT2D eigenvalue weighted by Crippen LogP contribution is -2.48. The average Bonchev–Trinajstić information content (AvgIpc) is 3.66. The third-order valence-corrected chi connectivity index (χ3v) is 10.9. The first-order valence-corrected chi connectivity index (χ1v) is 15.9. The van der Waals surface area contributed by atoms with Gasteiger partial charge in [-0.15, -0.1) is 0 Å². The molecule has 0 spiro atoms. The molecule has 230 valence electrons. The molecule has 2 bridgehead atoms. The van der Waals surface area contributed by atoms with E-state index in [1.165, 1.54) is 6.42 Å². The Labute approximate surface area is 236 Å². The molecule has 0 amide bonds. The standard InChI is InChI=1S/C27H36F2O11S/c1-14(27(28,29)41(34,35)36)37-18(30)9-10-19(31)38-22-17-13-16-20(24(32)39-23(16)22)21(17)25(33)40-26(11-5-6-12-26)15-7-3-2-4-8-15/h14-17,20-23H,2-13H2,1H3,(H,34,35,36). The Bertz CT molecular complexity index is 1180. The summed E-state index contributed by atoms with van der Waals surface area (Å²) in [5.41, 5.74) is -0.531. The lowest BCUT2D eigenvalue weighted by atomic mass is 9.75. The number of carbonyl (C=O) groups is 4. The molecule has 1 heterocycles. The summed E-state index contributed by atoms with van der Waals surface area (Å²) in [6.07, 6.45) is 3.96. The predicted molar refractivity (Wildman–Crippen MR) is 133 cm³/mol. The Morgan fingerprint density at radius 1 is 1.05 bits per heavy atom. The number of hydrogen-bond acceptors (Lipinski definition) is 10. The first kappa shape index (κ1) is 30.1. The summed E-state index contributed by atoms with van der Waals surface area (Å²) in [4.78, 5) is 51.1. The van der Waals surface area contributed by atoms with Crippen molar-refractivity contribution < 1.29 is 59.9 Å². The molecular formula is C27H36F2O11S. The zero-order valence-corrected chi connectivity index (χ0v) is 23.6. The van der Waals surface area contributed by atoms with Crippen molar-refractivity contribution in [3.63, 3.8) is 0 Å². The van der Waals surface area contributed by atoms with Gasteiger partial charge in [0.1, 0.15) is 17.8 Å². The van der Waals surface area contributed by atoms with Crippen LogP contribution in [-0.4, -0.2) is 66.0 Å². The van der Waals surface area contributed by atoms with Gasteiger partial charge in [0.25, 0.3) is 0 Å². The van der Waals surface area contributed by atoms with E-state index in [0.717, 1.165) is 51.4 Å². The first-order valence-electron chi connectivity index (χ1n) is 14.4. The summed E-state index contributed by atoms with van der Waals surface area (Å²) in [7, 11) is -5.82. The molecule has 5 fully saturated rings. The van der Waals surface area contributed by atoms with Crippen LogP contribution in [0.1, 0.15) is 84.0 Å². The van der Waals surface area contributed by atoms with Gasteiger partial charge in [-0.2, -0.15) is 17.2 Å². The molecule has 5 aliphatic rings. The van der Waals surface area contributed by atoms with E-state index in [1.807, 2.05) is 0 Å². The predicted octanol–water partition coefficient (Wildman–Crippen LogP) is 3.33. The van der Waals surface area contributed by atoms with Gasteiger partial charge in [0.2, 0.25) is 0 Å². The van der Waals surface area contributed by atoms with E-state index in [2.05, 4.69) is 4.74 Å². The van der Waals surface area contributed by atoms with Crippen LogP contribution in [0.2, 0.25) is 0 Å². The molecule has 0 aromatic heterocycles. The SMILES string of the molecule is CC(OC(=O)CCC(=O)OC1C2CC3C1OC(=O)C3C2C(=O)OC1(C2CCCCC2)CCCC1)C(F)(F)S(=O)(=O)O. The highest BCUT2D eigenvalue weighted by Gasteiger charge is 2.70. The number of esters is 4. The molecule has 1 aliphatic heterocycles. The van der Waals surface area contributed by atoms with Gasteiger partial charge < -0.3 is 18.9 Å². The second-order valence-corrected chi connectivity index (χ2v) is 13.7. The smallest absolute Gasteiger partial charge is 0.405 e. The Hall–Kier alpha value is -2.35. The molecule has 11 nitrogen and oxygen atoms in total. The number of rotatable bonds is 10. The highest BCUT2D eigenvalue weighted by Crippen LogP contribution is 2.59. The average molecular weight is 607 g/mol. The molecule has 7 atom stereocenters. The quantitative estimate of drug-likeness (QED) is 0.221. The number of halogens is 2. The van der Waals surface area contributed by atoms with E-state index in [9.17, 15) is 36.4 Å². The topological polar surface area (TPSA) is 160 Å². The van der Waals surface area contributed by atoms with Gasteiger partial charge in [0.15, 0.2) is 6.10 Å². The Morgan fingerprint density at radius 3 is 2.32 bits per heavy atom. The third-order valence-electron chi connectivity index (χ3n) is 9.85. The Morgan fingerprint density at radius 2 is 1.68 bits per heavy atom. The van der Waals surface area contributed by atoms with Crippen molar-refractivity contribution in [3.8, 4) is 0 Å². The molecular weight excluding hydrogens is 570 g/mol. The Balaban J connectivity index is 1.21. The molecule has 14 heteroatoms. The molecule has 0 aromatic rings. The van der Waals surface area contributed by atoms with Crippen LogP contribution < -0.4 is 0 Å². The monoisotopic (exact) mass is 606 g/mol. The molecule has 0 aromatic carbocycles. The van der Waals surface area contributed by atoms with Crippen molar-refractivity contribution in [1.82, 2.24) is 0 Å². The molecule has 1 saturated heterocycles. The fourth-order valence-corrected chi connectivity index (χ4v) is 8.35. The van der Waals surface area contributed by atoms with Crippen LogP contribution in [0.25, 0.3) is 0 Å². The maximum absolute atomic E-state index is 13.7. The third kappa shape index (κ3) is 5.46. The van der Waals surface area contributed by atoms with Crippen molar-refractivity contribution in [2.75, 3.05) is 0 Å². The maximum Gasteiger partial charge on any atom is 0.405 e. The van der Waals surface area contributed by atoms with Crippen LogP contribution in [0.15, 0.2) is 0 Å². The van der Waals surface area contributed by atoms with Crippen LogP contribution in [0.3, 0.4) is 0 Å². The number of fused-ring (bicyclic) bond motifs is 1. The summed E-state index contributed by atoms with van der Waals surface area (Å²) in [6, 6.07) is 0. The molecule has 41 heavy (non-hydrogen) atoms. The minimum Gasteiger partial charge on any atom is -0.459 e. The second-order valence-electron chi connectivity index (χ2n) is 12.2. The largest absolute Gasteiger partial charge is 0.459 e. The molecule has 4 aliphatic carbocycles. The summed E-state index contributed by atoms with van der Waals surface area (Å²) in [5.74, 6) is -5.13. The van der Waals surface area contributed by atoms with E-state index in [1.54, 1.807) is 0 Å². The highest BCUT2D eigenvalue weighted by molar-refractivity contribution is 7.86. The molecule has 5 rings (SSSR count). The van der Waals surface area contributed by atoms with Crippen LogP contribution in [0.4, 0.5) is 8.78 Å². The summed E-state index contributed by atoms with van der Waals surface area (Å²) < 4.78 is 79.3. The van der Waals surface area contributed by atoms with Crippen molar-refractivity contribution in [2.24, 2.45) is 29.6 Å². The van der Waals surface area contributed by atoms with Gasteiger partial charge in [-0.3, -0.25) is 23.7 Å². The van der Waals surface area contributed by atoms with E-state index < -0.39 is 93.8 Å². The second kappa shape index (κ2) is 11.1. The number of carbonyl (C=O) groups excluding carboxylic acids is 4. The normalized spacial score (nSPS) is 33.3. The highest BCUT2D eigenvalue weighted by atomic mass is 32.2. The van der Waals surface area contributed by atoms with E-state index in [4.69, 9.17) is 18.8 Å². The van der Waals surface area contributed by atoms with Crippen molar-refractivity contribution in [2.45, 2.75) is 113 Å². The van der Waals surface area contributed by atoms with Crippen LogP contribution >= 0.6 is 0 Å². The fraction of sp³-hybridized carbons (Fsp3) is 0.852. The van der Waals surface area contributed by atoms with Gasteiger partial charge in [0, 0.05) is 11.8 Å². The molecule has 4 saturated carbocycles. The molecule has 7 unspecified atom stereocenters. The Kier molecular flexibility index (Phi) is 8.12. The van der Waals surface area contributed by atoms with Crippen molar-refractivity contribution in [1.29, 1.82) is 0 Å². The summed E-state index contributed by atoms with van der Waals surface area (Å²) >= 11 is 0. The van der Waals surface area contributed by atoms with Gasteiger partial charge in [-0.05, 0) is 57.8 Å². The van der Waals surface area contributed by atoms with Gasteiger partial charge in [-0.25, -0.2) is 0 Å². The lowest BCUT2D eigenvalue weighted by molar-refractivity contribution is -0.181. The van der Waals surface area contributed by atoms with E-state index in [0.29, 0.717) is 13.3 Å². The molecule has 0 radical (unpaired) electrons. The van der Waals surface area contributed by atoms with Crippen molar-refractivity contribution in [3.05, 3.63) is 0 Å². The number of alkyl halides is 2.